The van der Waals surface area contributed by atoms with Crippen LogP contribution in [0.15, 0.2) is 36.5 Å². The van der Waals surface area contributed by atoms with E-state index >= 15 is 0 Å². The lowest BCUT2D eigenvalue weighted by molar-refractivity contribution is 0.229. The lowest BCUT2D eigenvalue weighted by atomic mass is 10.1. The van der Waals surface area contributed by atoms with Crippen LogP contribution in [0.25, 0.3) is 0 Å². The zero-order chi connectivity index (χ0) is 14.6. The van der Waals surface area contributed by atoms with Crippen molar-refractivity contribution in [1.82, 2.24) is 15.6 Å². The number of hydrogen-bond donors (Lipinski definition) is 2. The molecule has 2 N–H and O–H groups in total. The van der Waals surface area contributed by atoms with Crippen LogP contribution >= 0.6 is 11.3 Å². The van der Waals surface area contributed by atoms with Gasteiger partial charge in [0.05, 0.1) is 5.54 Å². The smallest absolute Gasteiger partial charge is 0.315 e. The number of hydrogen-bond acceptors (Lipinski definition) is 3. The first-order valence-corrected chi connectivity index (χ1v) is 7.32. The summed E-state index contributed by atoms with van der Waals surface area (Å²) in [5.41, 5.74) is 0.602. The Labute approximate surface area is 123 Å². The molecule has 2 aromatic rings. The van der Waals surface area contributed by atoms with Gasteiger partial charge < -0.3 is 10.6 Å². The highest BCUT2D eigenvalue weighted by atomic mass is 32.1. The number of carbonyl (C=O) groups excluding carboxylic acids is 1. The van der Waals surface area contributed by atoms with Crippen LogP contribution in [-0.4, -0.2) is 11.0 Å². The van der Waals surface area contributed by atoms with Crippen LogP contribution in [0.4, 0.5) is 4.79 Å². The monoisotopic (exact) mass is 289 g/mol. The van der Waals surface area contributed by atoms with Crippen molar-refractivity contribution in [3.63, 3.8) is 0 Å². The average Bonchev–Trinajstić information content (AvgIpc) is 2.85. The fourth-order valence-corrected chi connectivity index (χ4v) is 2.63. The molecule has 0 saturated carbocycles. The molecule has 0 unspecified atom stereocenters. The Morgan fingerprint density at radius 1 is 1.30 bits per heavy atom. The predicted octanol–water partition coefficient (Wildman–Crippen LogP) is 3.19. The molecule has 0 saturated heterocycles. The molecule has 4 nitrogen and oxygen atoms in total. The number of nitrogens with zero attached hydrogens (tertiary/aromatic N) is 1. The molecule has 1 heterocycles. The second-order valence-corrected chi connectivity index (χ2v) is 6.43. The van der Waals surface area contributed by atoms with Crippen LogP contribution in [0, 0.1) is 6.92 Å². The quantitative estimate of drug-likeness (QED) is 0.908. The van der Waals surface area contributed by atoms with Crippen molar-refractivity contribution in [2.75, 3.05) is 0 Å². The Bertz CT molecular complexity index is 578. The zero-order valence-electron chi connectivity index (χ0n) is 11.9. The largest absolute Gasteiger partial charge is 0.334 e. The topological polar surface area (TPSA) is 54.0 Å². The van der Waals surface area contributed by atoms with Gasteiger partial charge in [-0.2, -0.15) is 0 Å². The van der Waals surface area contributed by atoms with Crippen LogP contribution in [0.5, 0.6) is 0 Å². The van der Waals surface area contributed by atoms with E-state index in [0.717, 1.165) is 15.4 Å². The molecule has 2 rings (SSSR count). The van der Waals surface area contributed by atoms with Gasteiger partial charge in [0.2, 0.25) is 0 Å². The first kappa shape index (κ1) is 14.5. The van der Waals surface area contributed by atoms with E-state index in [-0.39, 0.29) is 6.03 Å². The molecule has 1 aromatic heterocycles. The molecular weight excluding hydrogens is 270 g/mol. The lowest BCUT2D eigenvalue weighted by Crippen LogP contribution is -2.46. The summed E-state index contributed by atoms with van der Waals surface area (Å²) in [4.78, 5) is 17.4. The van der Waals surface area contributed by atoms with Crippen molar-refractivity contribution >= 4 is 17.4 Å². The van der Waals surface area contributed by atoms with Gasteiger partial charge in [0.25, 0.3) is 0 Å². The molecule has 20 heavy (non-hydrogen) atoms. The van der Waals surface area contributed by atoms with Gasteiger partial charge in [-0.25, -0.2) is 9.78 Å². The van der Waals surface area contributed by atoms with Gasteiger partial charge in [-0.15, -0.1) is 11.3 Å². The van der Waals surface area contributed by atoms with Gasteiger partial charge in [0, 0.05) is 17.6 Å². The number of carbonyl (C=O) groups is 1. The molecule has 106 valence electrons. The van der Waals surface area contributed by atoms with Crippen molar-refractivity contribution in [3.8, 4) is 0 Å². The molecule has 0 aliphatic carbocycles. The third-order valence-corrected chi connectivity index (χ3v) is 4.11. The first-order valence-electron chi connectivity index (χ1n) is 6.50. The van der Waals surface area contributed by atoms with Gasteiger partial charge in [0.15, 0.2) is 0 Å². The lowest BCUT2D eigenvalue weighted by Gasteiger charge is -2.24. The SMILES string of the molecule is Cc1cnc(C(C)(C)NC(=O)NCc2ccccc2)s1. The molecule has 2 amide bonds. The molecule has 5 heteroatoms. The van der Waals surface area contributed by atoms with Crippen LogP contribution < -0.4 is 10.6 Å². The minimum absolute atomic E-state index is 0.188. The Hall–Kier alpha value is -1.88. The summed E-state index contributed by atoms with van der Waals surface area (Å²) < 4.78 is 0. The highest BCUT2D eigenvalue weighted by Crippen LogP contribution is 2.24. The normalized spacial score (nSPS) is 11.2. The van der Waals surface area contributed by atoms with E-state index in [1.165, 1.54) is 0 Å². The molecule has 0 aliphatic rings. The Kier molecular flexibility index (Phi) is 4.39. The maximum atomic E-state index is 12.0. The maximum Gasteiger partial charge on any atom is 0.315 e. The van der Waals surface area contributed by atoms with Crippen LogP contribution in [0.2, 0.25) is 0 Å². The summed E-state index contributed by atoms with van der Waals surface area (Å²) >= 11 is 1.60. The third-order valence-electron chi connectivity index (χ3n) is 2.88. The molecule has 0 radical (unpaired) electrons. The first-order chi connectivity index (χ1) is 9.47. The van der Waals surface area contributed by atoms with Gasteiger partial charge in [-0.05, 0) is 26.3 Å². The highest BCUT2D eigenvalue weighted by Gasteiger charge is 2.25. The molecule has 0 aliphatic heterocycles. The van der Waals surface area contributed by atoms with Gasteiger partial charge >= 0.3 is 6.03 Å². The summed E-state index contributed by atoms with van der Waals surface area (Å²) in [5.74, 6) is 0. The number of benzene rings is 1. The average molecular weight is 289 g/mol. The Morgan fingerprint density at radius 2 is 2.00 bits per heavy atom. The van der Waals surface area contributed by atoms with E-state index < -0.39 is 5.54 Å². The predicted molar refractivity (Wildman–Crippen MR) is 81.7 cm³/mol. The van der Waals surface area contributed by atoms with E-state index in [1.54, 1.807) is 11.3 Å². The number of amides is 2. The minimum atomic E-state index is -0.473. The summed E-state index contributed by atoms with van der Waals surface area (Å²) in [6, 6.07) is 9.64. The van der Waals surface area contributed by atoms with Gasteiger partial charge in [-0.1, -0.05) is 30.3 Å². The molecule has 0 atom stereocenters. The molecule has 1 aromatic carbocycles. The van der Waals surface area contributed by atoms with E-state index in [0.29, 0.717) is 6.54 Å². The Balaban J connectivity index is 1.91. The van der Waals surface area contributed by atoms with Crippen molar-refractivity contribution in [1.29, 1.82) is 0 Å². The van der Waals surface area contributed by atoms with Crippen LogP contribution in [0.1, 0.15) is 29.3 Å². The standard InChI is InChI=1S/C15H19N3OS/c1-11-9-16-13(20-11)15(2,3)18-14(19)17-10-12-7-5-4-6-8-12/h4-9H,10H2,1-3H3,(H2,17,18,19). The number of rotatable bonds is 4. The van der Waals surface area contributed by atoms with E-state index in [2.05, 4.69) is 15.6 Å². The van der Waals surface area contributed by atoms with Gasteiger partial charge in [0.1, 0.15) is 5.01 Å². The molecular formula is C15H19N3OS. The fourth-order valence-electron chi connectivity index (χ4n) is 1.80. The second-order valence-electron chi connectivity index (χ2n) is 5.19. The summed E-state index contributed by atoms with van der Waals surface area (Å²) in [6.45, 7) is 6.42. The third kappa shape index (κ3) is 3.81. The molecule has 0 bridgehead atoms. The van der Waals surface area contributed by atoms with Crippen molar-refractivity contribution in [2.24, 2.45) is 0 Å². The van der Waals surface area contributed by atoms with Crippen LogP contribution in [0.3, 0.4) is 0 Å². The zero-order valence-corrected chi connectivity index (χ0v) is 12.8. The number of urea groups is 1. The van der Waals surface area contributed by atoms with Crippen molar-refractivity contribution in [3.05, 3.63) is 52.0 Å². The van der Waals surface area contributed by atoms with Gasteiger partial charge in [-0.3, -0.25) is 0 Å². The fraction of sp³-hybridized carbons (Fsp3) is 0.333. The maximum absolute atomic E-state index is 12.0. The molecule has 0 spiro atoms. The highest BCUT2D eigenvalue weighted by molar-refractivity contribution is 7.11. The molecule has 0 fully saturated rings. The van der Waals surface area contributed by atoms with E-state index in [1.807, 2.05) is 57.3 Å². The second kappa shape index (κ2) is 6.05. The Morgan fingerprint density at radius 3 is 2.60 bits per heavy atom. The number of aryl methyl sites for hydroxylation is 1. The summed E-state index contributed by atoms with van der Waals surface area (Å²) in [7, 11) is 0. The summed E-state index contributed by atoms with van der Waals surface area (Å²) in [5, 5.41) is 6.72. The number of thiazole rings is 1. The minimum Gasteiger partial charge on any atom is -0.334 e. The number of aromatic nitrogens is 1. The van der Waals surface area contributed by atoms with Crippen LogP contribution in [-0.2, 0) is 12.1 Å². The van der Waals surface area contributed by atoms with E-state index in [4.69, 9.17) is 0 Å². The number of nitrogens with one attached hydrogen (secondary N) is 2. The van der Waals surface area contributed by atoms with Crippen molar-refractivity contribution in [2.45, 2.75) is 32.9 Å². The van der Waals surface area contributed by atoms with Crippen molar-refractivity contribution < 1.29 is 4.79 Å². The summed E-state index contributed by atoms with van der Waals surface area (Å²) in [6.07, 6.45) is 1.82. The van der Waals surface area contributed by atoms with E-state index in [9.17, 15) is 4.79 Å².